The van der Waals surface area contributed by atoms with Crippen LogP contribution in [-0.2, 0) is 11.2 Å². The predicted molar refractivity (Wildman–Crippen MR) is 113 cm³/mol. The number of carbonyl (C=O) groups is 1. The van der Waals surface area contributed by atoms with Gasteiger partial charge in [0.15, 0.2) is 0 Å². The third kappa shape index (κ3) is 7.44. The van der Waals surface area contributed by atoms with Crippen LogP contribution in [0.15, 0.2) is 30.3 Å². The zero-order valence-electron chi connectivity index (χ0n) is 18.1. The Labute approximate surface area is 170 Å². The third-order valence-electron chi connectivity index (χ3n) is 5.52. The van der Waals surface area contributed by atoms with Crippen LogP contribution < -0.4 is 10.6 Å². The molecule has 0 bridgehead atoms. The standard InChI is InChI=1S/C23H38N2O3/c1-22(2,3)25-21(27)28-19(15-17-11-7-6-8-12-17)18(26)16-24-20-13-9-10-14-23(20,4)5/h6-8,11-12,18-20,24,26H,9-10,13-16H2,1-5H3,(H,25,27)/t18-,19+,20?/m1/s1. The molecule has 1 aromatic carbocycles. The highest BCUT2D eigenvalue weighted by atomic mass is 16.6. The molecule has 1 saturated carbocycles. The van der Waals surface area contributed by atoms with Crippen LogP contribution in [0.2, 0.25) is 0 Å². The molecule has 0 aliphatic heterocycles. The fourth-order valence-corrected chi connectivity index (χ4v) is 3.84. The molecule has 158 valence electrons. The quantitative estimate of drug-likeness (QED) is 0.657. The van der Waals surface area contributed by atoms with Crippen molar-refractivity contribution in [1.29, 1.82) is 0 Å². The van der Waals surface area contributed by atoms with Crippen molar-refractivity contribution in [2.24, 2.45) is 5.41 Å². The van der Waals surface area contributed by atoms with Gasteiger partial charge >= 0.3 is 6.09 Å². The van der Waals surface area contributed by atoms with Gasteiger partial charge in [-0.3, -0.25) is 0 Å². The van der Waals surface area contributed by atoms with E-state index in [0.29, 0.717) is 19.0 Å². The molecule has 0 aromatic heterocycles. The van der Waals surface area contributed by atoms with Gasteiger partial charge in [-0.2, -0.15) is 0 Å². The molecule has 1 fully saturated rings. The van der Waals surface area contributed by atoms with E-state index in [-0.39, 0.29) is 11.0 Å². The lowest BCUT2D eigenvalue weighted by Crippen LogP contribution is -2.50. The fourth-order valence-electron chi connectivity index (χ4n) is 3.84. The topological polar surface area (TPSA) is 70.6 Å². The maximum atomic E-state index is 12.3. The number of amides is 1. The van der Waals surface area contributed by atoms with Gasteiger partial charge in [0.05, 0.1) is 0 Å². The molecule has 0 heterocycles. The van der Waals surface area contributed by atoms with Gasteiger partial charge in [0, 0.05) is 24.5 Å². The van der Waals surface area contributed by atoms with Gasteiger partial charge in [0.2, 0.25) is 0 Å². The van der Waals surface area contributed by atoms with E-state index in [1.807, 2.05) is 51.1 Å². The number of aliphatic hydroxyl groups excluding tert-OH is 1. The van der Waals surface area contributed by atoms with E-state index in [9.17, 15) is 9.90 Å². The second-order valence-electron chi connectivity index (χ2n) is 9.77. The molecule has 0 spiro atoms. The Balaban J connectivity index is 2.01. The Hall–Kier alpha value is -1.59. The van der Waals surface area contributed by atoms with Gasteiger partial charge in [0.25, 0.3) is 0 Å². The first-order valence-corrected chi connectivity index (χ1v) is 10.5. The van der Waals surface area contributed by atoms with Gasteiger partial charge in [-0.15, -0.1) is 0 Å². The average Bonchev–Trinajstić information content (AvgIpc) is 2.59. The predicted octanol–water partition coefficient (Wildman–Crippen LogP) is 4.04. The lowest BCUT2D eigenvalue weighted by Gasteiger charge is -2.40. The largest absolute Gasteiger partial charge is 0.443 e. The normalized spacial score (nSPS) is 21.6. The van der Waals surface area contributed by atoms with Crippen molar-refractivity contribution in [2.45, 2.75) is 90.5 Å². The minimum atomic E-state index is -0.774. The number of nitrogens with one attached hydrogen (secondary N) is 2. The number of carbonyl (C=O) groups excluding carboxylic acids is 1. The van der Waals surface area contributed by atoms with E-state index < -0.39 is 18.3 Å². The van der Waals surface area contributed by atoms with Gasteiger partial charge in [0.1, 0.15) is 12.2 Å². The van der Waals surface area contributed by atoms with Crippen LogP contribution in [0.4, 0.5) is 4.79 Å². The molecule has 5 heteroatoms. The Morgan fingerprint density at radius 2 is 1.93 bits per heavy atom. The summed E-state index contributed by atoms with van der Waals surface area (Å²) >= 11 is 0. The lowest BCUT2D eigenvalue weighted by atomic mass is 9.73. The summed E-state index contributed by atoms with van der Waals surface area (Å²) in [5.74, 6) is 0. The molecule has 1 amide bonds. The molecule has 0 radical (unpaired) electrons. The Morgan fingerprint density at radius 1 is 1.25 bits per heavy atom. The number of ether oxygens (including phenoxy) is 1. The average molecular weight is 391 g/mol. The molecule has 1 aliphatic carbocycles. The Morgan fingerprint density at radius 3 is 2.54 bits per heavy atom. The van der Waals surface area contributed by atoms with Crippen molar-refractivity contribution in [3.05, 3.63) is 35.9 Å². The number of hydrogen-bond acceptors (Lipinski definition) is 4. The first-order chi connectivity index (χ1) is 13.1. The SMILES string of the molecule is CC(C)(C)NC(=O)O[C@@H](Cc1ccccc1)[C@H](O)CNC1CCCCC1(C)C. The van der Waals surface area contributed by atoms with Crippen LogP contribution in [0.25, 0.3) is 0 Å². The van der Waals surface area contributed by atoms with Gasteiger partial charge in [-0.05, 0) is 44.6 Å². The van der Waals surface area contributed by atoms with Crippen LogP contribution in [0, 0.1) is 5.41 Å². The number of rotatable bonds is 7. The van der Waals surface area contributed by atoms with E-state index in [1.54, 1.807) is 0 Å². The summed E-state index contributed by atoms with van der Waals surface area (Å²) in [6.45, 7) is 10.7. The second-order valence-corrected chi connectivity index (χ2v) is 9.77. The number of alkyl carbamates (subject to hydrolysis) is 1. The summed E-state index contributed by atoms with van der Waals surface area (Å²) < 4.78 is 5.64. The van der Waals surface area contributed by atoms with Crippen LogP contribution >= 0.6 is 0 Å². The van der Waals surface area contributed by atoms with Crippen LogP contribution in [0.1, 0.15) is 65.9 Å². The minimum absolute atomic E-state index is 0.220. The summed E-state index contributed by atoms with van der Waals surface area (Å²) in [5, 5.41) is 17.2. The molecule has 3 atom stereocenters. The van der Waals surface area contributed by atoms with E-state index in [1.165, 1.54) is 19.3 Å². The van der Waals surface area contributed by atoms with Crippen molar-refractivity contribution >= 4 is 6.09 Å². The Kier molecular flexibility index (Phi) is 7.90. The summed E-state index contributed by atoms with van der Waals surface area (Å²) in [7, 11) is 0. The van der Waals surface area contributed by atoms with Crippen LogP contribution in [0.3, 0.4) is 0 Å². The lowest BCUT2D eigenvalue weighted by molar-refractivity contribution is -0.00286. The first-order valence-electron chi connectivity index (χ1n) is 10.5. The smallest absolute Gasteiger partial charge is 0.407 e. The highest BCUT2D eigenvalue weighted by Crippen LogP contribution is 2.35. The number of aliphatic hydroxyl groups is 1. The van der Waals surface area contributed by atoms with Crippen molar-refractivity contribution in [3.63, 3.8) is 0 Å². The monoisotopic (exact) mass is 390 g/mol. The highest BCUT2D eigenvalue weighted by Gasteiger charge is 2.33. The van der Waals surface area contributed by atoms with Crippen molar-refractivity contribution in [3.8, 4) is 0 Å². The molecule has 3 N–H and O–H groups in total. The molecular weight excluding hydrogens is 352 g/mol. The summed E-state index contributed by atoms with van der Waals surface area (Å²) in [4.78, 5) is 12.3. The molecule has 1 unspecified atom stereocenters. The van der Waals surface area contributed by atoms with E-state index in [4.69, 9.17) is 4.74 Å². The van der Waals surface area contributed by atoms with Crippen LogP contribution in [0.5, 0.6) is 0 Å². The van der Waals surface area contributed by atoms with Crippen molar-refractivity contribution in [2.75, 3.05) is 6.54 Å². The second kappa shape index (κ2) is 9.75. The maximum Gasteiger partial charge on any atom is 0.407 e. The van der Waals surface area contributed by atoms with Crippen molar-refractivity contribution < 1.29 is 14.6 Å². The van der Waals surface area contributed by atoms with Gasteiger partial charge in [-0.25, -0.2) is 4.79 Å². The molecule has 1 aromatic rings. The highest BCUT2D eigenvalue weighted by molar-refractivity contribution is 5.68. The molecule has 0 saturated heterocycles. The van der Waals surface area contributed by atoms with Crippen molar-refractivity contribution in [1.82, 2.24) is 10.6 Å². The molecular formula is C23H38N2O3. The first kappa shape index (κ1) is 22.7. The molecule has 2 rings (SSSR count). The number of benzene rings is 1. The molecule has 28 heavy (non-hydrogen) atoms. The summed E-state index contributed by atoms with van der Waals surface area (Å²) in [6, 6.07) is 10.2. The number of hydrogen-bond donors (Lipinski definition) is 3. The van der Waals surface area contributed by atoms with Gasteiger partial charge < -0.3 is 20.5 Å². The van der Waals surface area contributed by atoms with E-state index in [2.05, 4.69) is 24.5 Å². The molecule has 5 nitrogen and oxygen atoms in total. The Bertz CT molecular complexity index is 610. The van der Waals surface area contributed by atoms with E-state index in [0.717, 1.165) is 12.0 Å². The third-order valence-corrected chi connectivity index (χ3v) is 5.52. The zero-order valence-corrected chi connectivity index (χ0v) is 18.1. The maximum absolute atomic E-state index is 12.3. The van der Waals surface area contributed by atoms with Gasteiger partial charge in [-0.1, -0.05) is 57.0 Å². The molecule has 1 aliphatic rings. The fraction of sp³-hybridized carbons (Fsp3) is 0.696. The zero-order chi connectivity index (χ0) is 20.8. The minimum Gasteiger partial charge on any atom is -0.443 e. The summed E-state index contributed by atoms with van der Waals surface area (Å²) in [5.41, 5.74) is 0.870. The summed E-state index contributed by atoms with van der Waals surface area (Å²) in [6.07, 6.45) is 3.40. The van der Waals surface area contributed by atoms with E-state index >= 15 is 0 Å². The van der Waals surface area contributed by atoms with Crippen LogP contribution in [-0.4, -0.2) is 41.5 Å².